The number of para-hydroxylation sites is 1. The van der Waals surface area contributed by atoms with Crippen molar-refractivity contribution < 1.29 is 23.9 Å². The van der Waals surface area contributed by atoms with E-state index in [0.29, 0.717) is 0 Å². The number of benzene rings is 1. The number of carbonyl (C=O) groups excluding carboxylic acids is 4. The number of nitrogens with two attached hydrogens (primary N) is 2. The first-order chi connectivity index (χ1) is 12.3. The number of ketones is 1. The topological polar surface area (TPSA) is 142 Å². The molecule has 0 aliphatic rings. The van der Waals surface area contributed by atoms with Gasteiger partial charge in [0.25, 0.3) is 5.78 Å². The third kappa shape index (κ3) is 7.89. The Morgan fingerprint density at radius 2 is 1.92 bits per heavy atom. The summed E-state index contributed by atoms with van der Waals surface area (Å²) in [4.78, 5) is 46.9. The number of amides is 2. The first kappa shape index (κ1) is 22.0. The quantitative estimate of drug-likeness (QED) is 0.213. The summed E-state index contributed by atoms with van der Waals surface area (Å²) in [6, 6.07) is 5.86. The van der Waals surface area contributed by atoms with Crippen molar-refractivity contribution in [3.63, 3.8) is 0 Å². The van der Waals surface area contributed by atoms with Crippen molar-refractivity contribution in [3.05, 3.63) is 24.3 Å². The molecule has 0 heterocycles. The molecule has 0 aliphatic carbocycles. The molecule has 0 radical (unpaired) electrons. The van der Waals surface area contributed by atoms with E-state index in [-0.39, 0.29) is 18.6 Å². The maximum Gasteiger partial charge on any atom is 0.381 e. The Bertz CT molecular complexity index is 669. The monoisotopic (exact) mass is 399 g/mol. The van der Waals surface area contributed by atoms with Crippen LogP contribution in [0.25, 0.3) is 0 Å². The Labute approximate surface area is 159 Å². The first-order valence-electron chi connectivity index (χ1n) is 7.80. The van der Waals surface area contributed by atoms with Gasteiger partial charge in [0, 0.05) is 12.2 Å². The van der Waals surface area contributed by atoms with Gasteiger partial charge in [0.05, 0.1) is 17.5 Å². The Hall–Kier alpha value is -2.04. The zero-order valence-electron chi connectivity index (χ0n) is 14.2. The summed E-state index contributed by atoms with van der Waals surface area (Å²) >= 11 is 0. The van der Waals surface area contributed by atoms with Gasteiger partial charge in [0.2, 0.25) is 11.8 Å². The van der Waals surface area contributed by atoms with Crippen LogP contribution in [0.15, 0.2) is 29.2 Å². The van der Waals surface area contributed by atoms with Crippen LogP contribution in [-0.4, -0.2) is 41.9 Å². The lowest BCUT2D eigenvalue weighted by molar-refractivity contribution is -0.147. The molecule has 142 valence electrons. The number of primary amides is 1. The molecule has 8 nitrogen and oxygen atoms in total. The van der Waals surface area contributed by atoms with Crippen LogP contribution in [0.3, 0.4) is 0 Å². The molecule has 0 unspecified atom stereocenters. The second-order valence-electron chi connectivity index (χ2n) is 5.08. The molecule has 0 saturated carbocycles. The van der Waals surface area contributed by atoms with Gasteiger partial charge in [-0.05, 0) is 18.6 Å². The minimum atomic E-state index is -1.08. The van der Waals surface area contributed by atoms with Crippen molar-refractivity contribution in [1.82, 2.24) is 5.32 Å². The van der Waals surface area contributed by atoms with Gasteiger partial charge < -0.3 is 21.5 Å². The Morgan fingerprint density at radius 3 is 2.58 bits per heavy atom. The minimum absolute atomic E-state index is 0.0468. The van der Waals surface area contributed by atoms with E-state index in [1.807, 2.05) is 6.92 Å². The van der Waals surface area contributed by atoms with Crippen molar-refractivity contribution in [2.75, 3.05) is 12.3 Å². The van der Waals surface area contributed by atoms with Gasteiger partial charge in [-0.25, -0.2) is 4.79 Å². The molecular weight excluding hydrogens is 378 g/mol. The average molecular weight is 399 g/mol. The number of rotatable bonds is 11. The molecular formula is C16H21N3O5S2. The Balaban J connectivity index is 2.52. The molecule has 0 saturated heterocycles. The second kappa shape index (κ2) is 11.6. The van der Waals surface area contributed by atoms with Crippen LogP contribution in [0.5, 0.6) is 5.75 Å². The van der Waals surface area contributed by atoms with Crippen LogP contribution in [0, 0.1) is 0 Å². The molecule has 0 fully saturated rings. The normalized spacial score (nSPS) is 11.5. The molecule has 5 N–H and O–H groups in total. The lowest BCUT2D eigenvalue weighted by atomic mass is 10.1. The van der Waals surface area contributed by atoms with E-state index >= 15 is 0 Å². The van der Waals surface area contributed by atoms with Gasteiger partial charge in [-0.3, -0.25) is 14.4 Å². The van der Waals surface area contributed by atoms with Crippen molar-refractivity contribution in [2.24, 2.45) is 11.5 Å². The van der Waals surface area contributed by atoms with Gasteiger partial charge in [0.1, 0.15) is 5.75 Å². The van der Waals surface area contributed by atoms with E-state index in [1.165, 1.54) is 10.8 Å². The van der Waals surface area contributed by atoms with Crippen LogP contribution in [0.2, 0.25) is 0 Å². The molecule has 1 aromatic rings. The van der Waals surface area contributed by atoms with Crippen molar-refractivity contribution in [1.29, 1.82) is 0 Å². The molecule has 1 atom stereocenters. The number of nitrogens with one attached hydrogen (secondary N) is 1. The predicted molar refractivity (Wildman–Crippen MR) is 100 cm³/mol. The maximum atomic E-state index is 11.9. The third-order valence-corrected chi connectivity index (χ3v) is 5.48. The number of ether oxygens (including phenoxy) is 1. The summed E-state index contributed by atoms with van der Waals surface area (Å²) in [5.74, 6) is -2.07. The van der Waals surface area contributed by atoms with E-state index < -0.39 is 36.2 Å². The minimum Gasteiger partial charge on any atom is -0.420 e. The molecule has 0 aliphatic heterocycles. The highest BCUT2D eigenvalue weighted by atomic mass is 33.1. The number of hydrogen-bond donors (Lipinski definition) is 3. The van der Waals surface area contributed by atoms with Crippen molar-refractivity contribution in [3.8, 4) is 5.75 Å². The fraction of sp³-hybridized carbons (Fsp3) is 0.375. The van der Waals surface area contributed by atoms with Gasteiger partial charge >= 0.3 is 5.97 Å². The number of Topliss-reactive ketones (excluding diaryl/α,β-unsaturated/α-hetero) is 1. The zero-order chi connectivity index (χ0) is 19.5. The van der Waals surface area contributed by atoms with E-state index in [4.69, 9.17) is 16.2 Å². The standard InChI is InChI=1S/C16H21N3O5S2/c1-2-25-26-13-6-4-3-5-12(13)24-16(23)11(20)9-19-15(22)10(17)7-8-14(18)21/h3-6,10H,2,7-9,17H2,1H3,(H2,18,21)(H,19,22)/t10-/m0/s1. The highest BCUT2D eigenvalue weighted by Crippen LogP contribution is 2.37. The van der Waals surface area contributed by atoms with Gasteiger partial charge in [0.15, 0.2) is 0 Å². The van der Waals surface area contributed by atoms with Crippen LogP contribution >= 0.6 is 21.6 Å². The van der Waals surface area contributed by atoms with Crippen LogP contribution in [0.1, 0.15) is 19.8 Å². The smallest absolute Gasteiger partial charge is 0.381 e. The van der Waals surface area contributed by atoms with Crippen LogP contribution in [0.4, 0.5) is 0 Å². The largest absolute Gasteiger partial charge is 0.420 e. The van der Waals surface area contributed by atoms with Crippen molar-refractivity contribution >= 4 is 45.2 Å². The average Bonchev–Trinajstić information content (AvgIpc) is 2.62. The molecule has 1 aromatic carbocycles. The number of esters is 1. The zero-order valence-corrected chi connectivity index (χ0v) is 15.9. The predicted octanol–water partition coefficient (Wildman–Crippen LogP) is 0.630. The summed E-state index contributed by atoms with van der Waals surface area (Å²) in [5, 5.41) is 2.25. The number of carbonyl (C=O) groups is 4. The van der Waals surface area contributed by atoms with Crippen LogP contribution < -0.4 is 21.5 Å². The summed E-state index contributed by atoms with van der Waals surface area (Å²) in [5.41, 5.74) is 10.5. The summed E-state index contributed by atoms with van der Waals surface area (Å²) in [6.45, 7) is 1.45. The van der Waals surface area contributed by atoms with E-state index in [9.17, 15) is 19.2 Å². The summed E-state index contributed by atoms with van der Waals surface area (Å²) in [6.07, 6.45) is 0.00823. The molecule has 10 heteroatoms. The van der Waals surface area contributed by atoms with E-state index in [1.54, 1.807) is 35.1 Å². The van der Waals surface area contributed by atoms with Crippen molar-refractivity contribution in [2.45, 2.75) is 30.7 Å². The summed E-state index contributed by atoms with van der Waals surface area (Å²) < 4.78 is 5.11. The highest BCUT2D eigenvalue weighted by molar-refractivity contribution is 8.76. The molecule has 2 amide bonds. The van der Waals surface area contributed by atoms with Gasteiger partial charge in [-0.2, -0.15) is 0 Å². The molecule has 0 bridgehead atoms. The third-order valence-electron chi connectivity index (χ3n) is 3.01. The van der Waals surface area contributed by atoms with E-state index in [2.05, 4.69) is 5.32 Å². The molecule has 0 aromatic heterocycles. The first-order valence-corrected chi connectivity index (χ1v) is 10.1. The molecule has 0 spiro atoms. The molecule has 1 rings (SSSR count). The lowest BCUT2D eigenvalue weighted by Gasteiger charge is -2.11. The van der Waals surface area contributed by atoms with Gasteiger partial charge in [-0.15, -0.1) is 0 Å². The Morgan fingerprint density at radius 1 is 1.23 bits per heavy atom. The second-order valence-corrected chi connectivity index (χ2v) is 7.71. The van der Waals surface area contributed by atoms with E-state index in [0.717, 1.165) is 10.6 Å². The lowest BCUT2D eigenvalue weighted by Crippen LogP contribution is -2.44. The fourth-order valence-corrected chi connectivity index (χ4v) is 3.40. The SMILES string of the molecule is CCSSc1ccccc1OC(=O)C(=O)CNC(=O)[C@@H](N)CCC(N)=O. The Kier molecular flexibility index (Phi) is 9.78. The highest BCUT2D eigenvalue weighted by Gasteiger charge is 2.21. The number of hydrogen-bond acceptors (Lipinski definition) is 8. The summed E-state index contributed by atoms with van der Waals surface area (Å²) in [7, 11) is 3.01. The fourth-order valence-electron chi connectivity index (χ4n) is 1.68. The van der Waals surface area contributed by atoms with Crippen LogP contribution in [-0.2, 0) is 19.2 Å². The van der Waals surface area contributed by atoms with Gasteiger partial charge in [-0.1, -0.05) is 40.6 Å². The molecule has 26 heavy (non-hydrogen) atoms. The maximum absolute atomic E-state index is 11.9.